The summed E-state index contributed by atoms with van der Waals surface area (Å²) in [6, 6.07) is 6.87. The topological polar surface area (TPSA) is 90.1 Å². The molecule has 0 saturated carbocycles. The molecule has 0 saturated heterocycles. The van der Waals surface area contributed by atoms with E-state index in [-0.39, 0.29) is 5.69 Å². The van der Waals surface area contributed by atoms with Crippen LogP contribution in [0.15, 0.2) is 40.1 Å². The molecule has 0 fully saturated rings. The van der Waals surface area contributed by atoms with Crippen molar-refractivity contribution in [3.63, 3.8) is 0 Å². The van der Waals surface area contributed by atoms with Crippen LogP contribution in [0, 0.1) is 0 Å². The first-order chi connectivity index (χ1) is 8.11. The SMILES string of the molecule is COc1cccc(-n2cc(N)c(=O)[nH]c2=O)c1. The summed E-state index contributed by atoms with van der Waals surface area (Å²) in [5, 5.41) is 0. The van der Waals surface area contributed by atoms with Gasteiger partial charge in [0.25, 0.3) is 5.56 Å². The van der Waals surface area contributed by atoms with Gasteiger partial charge in [-0.25, -0.2) is 4.79 Å². The number of rotatable bonds is 2. The Bertz CT molecular complexity index is 657. The zero-order chi connectivity index (χ0) is 12.4. The van der Waals surface area contributed by atoms with Gasteiger partial charge in [0.1, 0.15) is 11.4 Å². The number of ether oxygens (including phenoxy) is 1. The van der Waals surface area contributed by atoms with Gasteiger partial charge in [0.15, 0.2) is 0 Å². The number of nitrogens with one attached hydrogen (secondary N) is 1. The predicted molar refractivity (Wildman–Crippen MR) is 63.6 cm³/mol. The van der Waals surface area contributed by atoms with Crippen molar-refractivity contribution in [2.45, 2.75) is 0 Å². The van der Waals surface area contributed by atoms with E-state index in [1.165, 1.54) is 17.9 Å². The Morgan fingerprint density at radius 1 is 1.35 bits per heavy atom. The summed E-state index contributed by atoms with van der Waals surface area (Å²) >= 11 is 0. The molecule has 1 aromatic heterocycles. The van der Waals surface area contributed by atoms with Gasteiger partial charge in [-0.05, 0) is 12.1 Å². The maximum atomic E-state index is 11.6. The third-order valence-electron chi connectivity index (χ3n) is 2.30. The maximum Gasteiger partial charge on any atom is 0.333 e. The number of nitrogen functional groups attached to an aromatic ring is 1. The van der Waals surface area contributed by atoms with Gasteiger partial charge in [-0.2, -0.15) is 0 Å². The normalized spacial score (nSPS) is 10.2. The second kappa shape index (κ2) is 4.17. The summed E-state index contributed by atoms with van der Waals surface area (Å²) in [7, 11) is 1.53. The molecule has 88 valence electrons. The van der Waals surface area contributed by atoms with Crippen LogP contribution in [-0.2, 0) is 0 Å². The van der Waals surface area contributed by atoms with Crippen molar-refractivity contribution < 1.29 is 4.74 Å². The van der Waals surface area contributed by atoms with Crippen molar-refractivity contribution in [2.75, 3.05) is 12.8 Å². The molecule has 0 atom stereocenters. The Balaban J connectivity index is 2.64. The highest BCUT2D eigenvalue weighted by atomic mass is 16.5. The number of hydrogen-bond donors (Lipinski definition) is 2. The standard InChI is InChI=1S/C11H11N3O3/c1-17-8-4-2-3-7(5-8)14-6-9(12)10(15)13-11(14)16/h2-6H,12H2,1H3,(H,13,15,16). The largest absolute Gasteiger partial charge is 0.497 e. The van der Waals surface area contributed by atoms with Crippen LogP contribution in [0.1, 0.15) is 0 Å². The van der Waals surface area contributed by atoms with Crippen molar-refractivity contribution in [2.24, 2.45) is 0 Å². The van der Waals surface area contributed by atoms with Crippen LogP contribution >= 0.6 is 0 Å². The molecular formula is C11H11N3O3. The van der Waals surface area contributed by atoms with Gasteiger partial charge < -0.3 is 10.5 Å². The number of methoxy groups -OCH3 is 1. The van der Waals surface area contributed by atoms with E-state index in [4.69, 9.17) is 10.5 Å². The Kier molecular flexibility index (Phi) is 2.70. The number of hydrogen-bond acceptors (Lipinski definition) is 4. The van der Waals surface area contributed by atoms with Crippen LogP contribution in [0.2, 0.25) is 0 Å². The van der Waals surface area contributed by atoms with Gasteiger partial charge in [-0.1, -0.05) is 6.07 Å². The van der Waals surface area contributed by atoms with E-state index in [1.54, 1.807) is 24.3 Å². The molecule has 3 N–H and O–H groups in total. The van der Waals surface area contributed by atoms with Crippen LogP contribution in [0.5, 0.6) is 5.75 Å². The molecule has 0 unspecified atom stereocenters. The van der Waals surface area contributed by atoms with Gasteiger partial charge in [0.2, 0.25) is 0 Å². The maximum absolute atomic E-state index is 11.6. The Morgan fingerprint density at radius 3 is 2.82 bits per heavy atom. The number of benzene rings is 1. The molecule has 6 heteroatoms. The molecular weight excluding hydrogens is 222 g/mol. The molecule has 2 rings (SSSR count). The average Bonchev–Trinajstić information content (AvgIpc) is 2.34. The third kappa shape index (κ3) is 2.05. The van der Waals surface area contributed by atoms with Crippen molar-refractivity contribution in [3.8, 4) is 11.4 Å². The number of nitrogens with zero attached hydrogens (tertiary/aromatic N) is 1. The lowest BCUT2D eigenvalue weighted by Crippen LogP contribution is -2.30. The average molecular weight is 233 g/mol. The Labute approximate surface area is 96.3 Å². The lowest BCUT2D eigenvalue weighted by atomic mass is 10.3. The van der Waals surface area contributed by atoms with Crippen molar-refractivity contribution in [3.05, 3.63) is 51.3 Å². The summed E-state index contributed by atoms with van der Waals surface area (Å²) in [6.07, 6.45) is 1.29. The van der Waals surface area contributed by atoms with E-state index in [0.29, 0.717) is 11.4 Å². The number of anilines is 1. The first-order valence-corrected chi connectivity index (χ1v) is 4.87. The number of nitrogens with two attached hydrogens (primary N) is 1. The monoisotopic (exact) mass is 233 g/mol. The Morgan fingerprint density at radius 2 is 2.12 bits per heavy atom. The van der Waals surface area contributed by atoms with Crippen molar-refractivity contribution >= 4 is 5.69 Å². The predicted octanol–water partition coefficient (Wildman–Crippen LogP) is 0.117. The molecule has 0 spiro atoms. The molecule has 1 heterocycles. The molecule has 0 aliphatic heterocycles. The zero-order valence-electron chi connectivity index (χ0n) is 9.14. The third-order valence-corrected chi connectivity index (χ3v) is 2.30. The van der Waals surface area contributed by atoms with E-state index in [9.17, 15) is 9.59 Å². The molecule has 0 bridgehead atoms. The molecule has 0 amide bonds. The highest BCUT2D eigenvalue weighted by molar-refractivity contribution is 5.42. The minimum absolute atomic E-state index is 0.0209. The highest BCUT2D eigenvalue weighted by Gasteiger charge is 2.04. The quantitative estimate of drug-likeness (QED) is 0.770. The Hall–Kier alpha value is -2.50. The van der Waals surface area contributed by atoms with Crippen LogP contribution in [0.25, 0.3) is 5.69 Å². The van der Waals surface area contributed by atoms with Crippen molar-refractivity contribution in [1.82, 2.24) is 9.55 Å². The molecule has 1 aromatic carbocycles. The lowest BCUT2D eigenvalue weighted by molar-refractivity contribution is 0.414. The van der Waals surface area contributed by atoms with E-state index >= 15 is 0 Å². The van der Waals surface area contributed by atoms with Crippen LogP contribution < -0.4 is 21.7 Å². The minimum Gasteiger partial charge on any atom is -0.497 e. The summed E-state index contributed by atoms with van der Waals surface area (Å²) in [5.74, 6) is 0.610. The first kappa shape index (κ1) is 11.0. The smallest absolute Gasteiger partial charge is 0.333 e. The van der Waals surface area contributed by atoms with E-state index in [2.05, 4.69) is 4.98 Å². The first-order valence-electron chi connectivity index (χ1n) is 4.87. The zero-order valence-corrected chi connectivity index (χ0v) is 9.14. The van der Waals surface area contributed by atoms with Gasteiger partial charge in [0.05, 0.1) is 12.8 Å². The fourth-order valence-corrected chi connectivity index (χ4v) is 1.44. The molecule has 0 aliphatic carbocycles. The second-order valence-corrected chi connectivity index (χ2v) is 3.42. The highest BCUT2D eigenvalue weighted by Crippen LogP contribution is 2.14. The van der Waals surface area contributed by atoms with Gasteiger partial charge >= 0.3 is 5.69 Å². The fraction of sp³-hybridized carbons (Fsp3) is 0.0909. The van der Waals surface area contributed by atoms with E-state index in [1.807, 2.05) is 0 Å². The molecule has 0 aliphatic rings. The van der Waals surface area contributed by atoms with Crippen molar-refractivity contribution in [1.29, 1.82) is 0 Å². The lowest BCUT2D eigenvalue weighted by Gasteiger charge is -2.07. The summed E-state index contributed by atoms with van der Waals surface area (Å²) in [5.41, 5.74) is 4.88. The van der Waals surface area contributed by atoms with Gasteiger partial charge in [0, 0.05) is 12.3 Å². The number of aromatic nitrogens is 2. The van der Waals surface area contributed by atoms with E-state index < -0.39 is 11.2 Å². The molecule has 17 heavy (non-hydrogen) atoms. The summed E-state index contributed by atoms with van der Waals surface area (Å²) < 4.78 is 6.30. The van der Waals surface area contributed by atoms with Crippen LogP contribution in [0.3, 0.4) is 0 Å². The van der Waals surface area contributed by atoms with Gasteiger partial charge in [-0.15, -0.1) is 0 Å². The molecule has 6 nitrogen and oxygen atoms in total. The number of aromatic amines is 1. The summed E-state index contributed by atoms with van der Waals surface area (Å²) in [4.78, 5) is 24.9. The second-order valence-electron chi connectivity index (χ2n) is 3.42. The minimum atomic E-state index is -0.589. The fourth-order valence-electron chi connectivity index (χ4n) is 1.44. The molecule has 0 radical (unpaired) electrons. The number of H-pyrrole nitrogens is 1. The molecule has 2 aromatic rings. The van der Waals surface area contributed by atoms with Gasteiger partial charge in [-0.3, -0.25) is 14.3 Å². The van der Waals surface area contributed by atoms with E-state index in [0.717, 1.165) is 0 Å². The summed E-state index contributed by atoms with van der Waals surface area (Å²) in [6.45, 7) is 0. The van der Waals surface area contributed by atoms with Crippen LogP contribution in [-0.4, -0.2) is 16.7 Å². The van der Waals surface area contributed by atoms with Crippen LogP contribution in [0.4, 0.5) is 5.69 Å².